The quantitative estimate of drug-likeness (QED) is 0.639. The maximum Gasteiger partial charge on any atom is 0.247 e. The van der Waals surface area contributed by atoms with Gasteiger partial charge in [0, 0.05) is 18.1 Å². The minimum atomic E-state index is -0.677. The first-order chi connectivity index (χ1) is 6.61. The van der Waals surface area contributed by atoms with Crippen LogP contribution < -0.4 is 5.56 Å². The topological polar surface area (TPSA) is 42.1 Å². The fourth-order valence-electron chi connectivity index (χ4n) is 0.917. The van der Waals surface area contributed by atoms with Gasteiger partial charge in [0.2, 0.25) is 5.56 Å². The Kier molecular flexibility index (Phi) is 0.927. The molecule has 0 aliphatic carbocycles. The second-order valence-corrected chi connectivity index (χ2v) is 2.48. The Labute approximate surface area is 68.2 Å². The minimum absolute atomic E-state index is 0.0176. The molecule has 3 heteroatoms. The van der Waals surface area contributed by atoms with Crippen molar-refractivity contribution in [3.63, 3.8) is 0 Å². The monoisotopic (exact) mass is 154 g/mol. The smallest absolute Gasteiger partial charge is 0.247 e. The summed E-state index contributed by atoms with van der Waals surface area (Å²) in [5, 5.41) is 0. The van der Waals surface area contributed by atoms with Crippen LogP contribution in [-0.4, -0.2) is 18.2 Å². The number of pyridine rings is 1. The molecule has 1 N–H and O–H groups in total. The van der Waals surface area contributed by atoms with E-state index in [0.717, 1.165) is 0 Å². The predicted molar refractivity (Wildman–Crippen MR) is 40.6 cm³/mol. The molecule has 1 saturated heterocycles. The number of ether oxygens (including phenoxy) is 1. The van der Waals surface area contributed by atoms with E-state index < -0.39 is 5.56 Å². The van der Waals surface area contributed by atoms with Crippen LogP contribution >= 0.6 is 0 Å². The number of aromatic nitrogens is 1. The van der Waals surface area contributed by atoms with Crippen molar-refractivity contribution in [2.75, 3.05) is 13.2 Å². The normalized spacial score (nSPS) is 21.6. The summed E-state index contributed by atoms with van der Waals surface area (Å²) in [4.78, 5) is 13.3. The molecule has 0 saturated carbocycles. The fourth-order valence-corrected chi connectivity index (χ4v) is 0.917. The molecule has 1 aliphatic heterocycles. The summed E-state index contributed by atoms with van der Waals surface area (Å²) in [6.07, 6.45) is -0.0655. The highest BCUT2D eigenvalue weighted by Crippen LogP contribution is 2.21. The van der Waals surface area contributed by atoms with Gasteiger partial charge in [-0.2, -0.15) is 0 Å². The first-order valence-corrected chi connectivity index (χ1v) is 3.39. The molecular weight excluding hydrogens is 142 g/mol. The summed E-state index contributed by atoms with van der Waals surface area (Å²) in [6.45, 7) is 0.923. The highest BCUT2D eigenvalue weighted by Gasteiger charge is 2.19. The van der Waals surface area contributed by atoms with Crippen LogP contribution in [0.15, 0.2) is 23.1 Å². The number of H-pyrrole nitrogens is 1. The average Bonchev–Trinajstić information content (AvgIpc) is 2.05. The number of nitrogens with one attached hydrogen (secondary N) is 1. The van der Waals surface area contributed by atoms with E-state index in [2.05, 4.69) is 4.98 Å². The van der Waals surface area contributed by atoms with Crippen LogP contribution in [0.2, 0.25) is 0 Å². The van der Waals surface area contributed by atoms with E-state index in [1.807, 2.05) is 0 Å². The summed E-state index contributed by atoms with van der Waals surface area (Å²) >= 11 is 0. The van der Waals surface area contributed by atoms with E-state index >= 15 is 0 Å². The van der Waals surface area contributed by atoms with Crippen molar-refractivity contribution in [2.24, 2.45) is 0 Å². The lowest BCUT2D eigenvalue weighted by Gasteiger charge is -2.25. The zero-order chi connectivity index (χ0) is 10.3. The Balaban J connectivity index is 2.58. The number of hydrogen-bond acceptors (Lipinski definition) is 2. The van der Waals surface area contributed by atoms with Gasteiger partial charge in [-0.3, -0.25) is 4.79 Å². The van der Waals surface area contributed by atoms with Crippen LogP contribution in [-0.2, 0) is 4.74 Å². The third-order valence-corrected chi connectivity index (χ3v) is 1.67. The summed E-state index contributed by atoms with van der Waals surface area (Å²) in [7, 11) is 0. The molecule has 11 heavy (non-hydrogen) atoms. The Bertz CT molecular complexity index is 425. The van der Waals surface area contributed by atoms with Gasteiger partial charge in [0.25, 0.3) is 0 Å². The fraction of sp³-hybridized carbons (Fsp3) is 0.375. The van der Waals surface area contributed by atoms with Gasteiger partial charge in [-0.15, -0.1) is 0 Å². The second kappa shape index (κ2) is 2.51. The van der Waals surface area contributed by atoms with Gasteiger partial charge < -0.3 is 9.72 Å². The molecule has 1 aromatic rings. The van der Waals surface area contributed by atoms with E-state index in [0.29, 0.717) is 18.8 Å². The zero-order valence-corrected chi connectivity index (χ0v) is 5.81. The Hall–Kier alpha value is -1.09. The maximum atomic E-state index is 11.0. The molecule has 58 valence electrons. The van der Waals surface area contributed by atoms with Crippen molar-refractivity contribution in [1.82, 2.24) is 4.98 Å². The number of hydrogen-bond donors (Lipinski definition) is 1. The molecular formula is C8H9NO2. The standard InChI is InChI=1S/C8H9NO2/c10-8-2-1-6(3-9-8)7-4-11-5-7/h1-3,7H,4-5H2,(H,9,10)/i1D,2D,3D. The Morgan fingerprint density at radius 2 is 2.45 bits per heavy atom. The average molecular weight is 154 g/mol. The van der Waals surface area contributed by atoms with Crippen LogP contribution in [0.4, 0.5) is 0 Å². The van der Waals surface area contributed by atoms with E-state index in [9.17, 15) is 4.79 Å². The lowest BCUT2D eigenvalue weighted by molar-refractivity contribution is 0.00828. The SMILES string of the molecule is [2H]c1[nH]c(=O)c([2H])c([2H])c1C1COC1. The van der Waals surface area contributed by atoms with E-state index in [4.69, 9.17) is 8.85 Å². The summed E-state index contributed by atoms with van der Waals surface area (Å²) in [5.41, 5.74) is -0.259. The molecule has 1 aliphatic rings. The molecule has 0 atom stereocenters. The van der Waals surface area contributed by atoms with Gasteiger partial charge in [0.15, 0.2) is 0 Å². The molecule has 2 rings (SSSR count). The van der Waals surface area contributed by atoms with Crippen molar-refractivity contribution in [1.29, 1.82) is 0 Å². The van der Waals surface area contributed by atoms with Gasteiger partial charge >= 0.3 is 0 Å². The van der Waals surface area contributed by atoms with Gasteiger partial charge in [-0.25, -0.2) is 0 Å². The highest BCUT2D eigenvalue weighted by atomic mass is 16.5. The van der Waals surface area contributed by atoms with Crippen LogP contribution in [0.25, 0.3) is 0 Å². The largest absolute Gasteiger partial charge is 0.380 e. The van der Waals surface area contributed by atoms with Crippen LogP contribution in [0, 0.1) is 0 Å². The molecule has 0 amide bonds. The second-order valence-electron chi connectivity index (χ2n) is 2.48. The molecule has 2 heterocycles. The van der Waals surface area contributed by atoms with Crippen molar-refractivity contribution in [2.45, 2.75) is 5.92 Å². The summed E-state index contributed by atoms with van der Waals surface area (Å²) < 4.78 is 27.3. The third-order valence-electron chi connectivity index (χ3n) is 1.67. The summed E-state index contributed by atoms with van der Waals surface area (Å²) in [6, 6.07) is -0.519. The molecule has 3 nitrogen and oxygen atoms in total. The van der Waals surface area contributed by atoms with Crippen molar-refractivity contribution < 1.29 is 8.85 Å². The van der Waals surface area contributed by atoms with Crippen LogP contribution in [0.1, 0.15) is 15.6 Å². The van der Waals surface area contributed by atoms with Gasteiger partial charge in [0.05, 0.1) is 17.3 Å². The van der Waals surface area contributed by atoms with Crippen molar-refractivity contribution in [3.05, 3.63) is 34.2 Å². The first-order valence-electron chi connectivity index (χ1n) is 4.89. The zero-order valence-electron chi connectivity index (χ0n) is 8.81. The summed E-state index contributed by atoms with van der Waals surface area (Å²) in [5.74, 6) is -0.0176. The Morgan fingerprint density at radius 3 is 3.09 bits per heavy atom. The molecule has 0 radical (unpaired) electrons. The molecule has 1 aromatic heterocycles. The van der Waals surface area contributed by atoms with Gasteiger partial charge in [-0.1, -0.05) is 6.04 Å². The lowest BCUT2D eigenvalue weighted by Crippen LogP contribution is -2.25. The molecule has 0 bridgehead atoms. The van der Waals surface area contributed by atoms with E-state index in [-0.39, 0.29) is 24.2 Å². The molecule has 1 fully saturated rings. The third kappa shape index (κ3) is 1.19. The number of rotatable bonds is 1. The minimum Gasteiger partial charge on any atom is -0.380 e. The lowest BCUT2D eigenvalue weighted by atomic mass is 10.00. The highest BCUT2D eigenvalue weighted by molar-refractivity contribution is 5.16. The van der Waals surface area contributed by atoms with Crippen molar-refractivity contribution in [3.8, 4) is 0 Å². The molecule has 0 aromatic carbocycles. The maximum absolute atomic E-state index is 11.0. The van der Waals surface area contributed by atoms with Gasteiger partial charge in [0.1, 0.15) is 0 Å². The van der Waals surface area contributed by atoms with Crippen LogP contribution in [0.3, 0.4) is 0 Å². The first kappa shape index (κ1) is 4.07. The number of aromatic amines is 1. The van der Waals surface area contributed by atoms with Crippen molar-refractivity contribution >= 4 is 0 Å². The van der Waals surface area contributed by atoms with Gasteiger partial charge in [-0.05, 0) is 5.56 Å². The molecule has 0 spiro atoms. The molecule has 0 unspecified atom stereocenters. The van der Waals surface area contributed by atoms with Crippen LogP contribution in [0.5, 0.6) is 0 Å². The Morgan fingerprint density at radius 1 is 1.64 bits per heavy atom. The predicted octanol–water partition coefficient (Wildman–Crippen LogP) is 0.489. The van der Waals surface area contributed by atoms with E-state index in [1.54, 1.807) is 0 Å². The van der Waals surface area contributed by atoms with E-state index in [1.165, 1.54) is 0 Å².